The van der Waals surface area contributed by atoms with Crippen LogP contribution in [0.2, 0.25) is 0 Å². The van der Waals surface area contributed by atoms with Gasteiger partial charge in [-0.2, -0.15) is 0 Å². The smallest absolute Gasteiger partial charge is 0.262 e. The van der Waals surface area contributed by atoms with Crippen molar-refractivity contribution in [1.29, 1.82) is 0 Å². The second-order valence-electron chi connectivity index (χ2n) is 7.37. The van der Waals surface area contributed by atoms with E-state index >= 15 is 0 Å². The second kappa shape index (κ2) is 7.80. The molecule has 1 aliphatic rings. The van der Waals surface area contributed by atoms with E-state index in [2.05, 4.69) is 5.32 Å². The summed E-state index contributed by atoms with van der Waals surface area (Å²) >= 11 is 1.34. The zero-order valence-electron chi connectivity index (χ0n) is 16.0. The van der Waals surface area contributed by atoms with Crippen LogP contribution in [-0.2, 0) is 4.79 Å². The fourth-order valence-corrected chi connectivity index (χ4v) is 4.41. The Hall–Kier alpha value is -2.60. The lowest BCUT2D eigenvalue weighted by molar-refractivity contribution is -0.120. The van der Waals surface area contributed by atoms with Crippen LogP contribution in [0.3, 0.4) is 0 Å². The minimum Gasteiger partial charge on any atom is -0.352 e. The number of carbonyl (C=O) groups excluding carboxylic acids is 1. The van der Waals surface area contributed by atoms with E-state index in [9.17, 15) is 9.59 Å². The van der Waals surface area contributed by atoms with Crippen molar-refractivity contribution in [2.24, 2.45) is 0 Å². The van der Waals surface area contributed by atoms with Gasteiger partial charge in [-0.25, -0.2) is 4.98 Å². The molecule has 1 amide bonds. The molecule has 4 rings (SSSR count). The monoisotopic (exact) mass is 393 g/mol. The van der Waals surface area contributed by atoms with Crippen LogP contribution in [0.15, 0.2) is 64.5 Å². The molecule has 2 aromatic carbocycles. The van der Waals surface area contributed by atoms with E-state index in [4.69, 9.17) is 4.98 Å². The number of hydrogen-bond acceptors (Lipinski definition) is 4. The van der Waals surface area contributed by atoms with E-state index in [1.54, 1.807) is 10.6 Å². The van der Waals surface area contributed by atoms with Gasteiger partial charge in [0.1, 0.15) is 5.25 Å². The zero-order valence-corrected chi connectivity index (χ0v) is 16.8. The molecule has 1 heterocycles. The normalized spacial score (nSPS) is 15.0. The molecule has 0 radical (unpaired) electrons. The number of benzene rings is 2. The van der Waals surface area contributed by atoms with E-state index in [1.165, 1.54) is 11.8 Å². The number of hydrogen-bond donors (Lipinski definition) is 1. The third-order valence-electron chi connectivity index (χ3n) is 4.78. The molecular formula is C22H23N3O2S. The first kappa shape index (κ1) is 18.7. The average molecular weight is 394 g/mol. The maximum Gasteiger partial charge on any atom is 0.262 e. The van der Waals surface area contributed by atoms with Gasteiger partial charge in [0.15, 0.2) is 5.16 Å². The molecule has 0 bridgehead atoms. The Kier molecular flexibility index (Phi) is 5.22. The molecule has 1 saturated carbocycles. The molecule has 144 valence electrons. The second-order valence-corrected chi connectivity index (χ2v) is 8.44. The Labute approximate surface area is 168 Å². The SMILES string of the molecule is CC(C)n1c(S[C@H](C(=O)NC2CC2)c2ccccc2)nc2ccccc2c1=O. The van der Waals surface area contributed by atoms with Crippen molar-refractivity contribution in [3.63, 3.8) is 0 Å². The van der Waals surface area contributed by atoms with Crippen LogP contribution in [0.25, 0.3) is 10.9 Å². The predicted octanol–water partition coefficient (Wildman–Crippen LogP) is 4.09. The van der Waals surface area contributed by atoms with Crippen LogP contribution >= 0.6 is 11.8 Å². The largest absolute Gasteiger partial charge is 0.352 e. The van der Waals surface area contributed by atoms with Crippen molar-refractivity contribution < 1.29 is 4.79 Å². The van der Waals surface area contributed by atoms with Crippen molar-refractivity contribution in [3.05, 3.63) is 70.5 Å². The van der Waals surface area contributed by atoms with Crippen molar-refractivity contribution in [2.75, 3.05) is 0 Å². The summed E-state index contributed by atoms with van der Waals surface area (Å²) < 4.78 is 1.69. The van der Waals surface area contributed by atoms with Gasteiger partial charge in [0.2, 0.25) is 5.91 Å². The van der Waals surface area contributed by atoms with Crippen molar-refractivity contribution in [3.8, 4) is 0 Å². The van der Waals surface area contributed by atoms with Gasteiger partial charge in [-0.05, 0) is 44.4 Å². The number of rotatable bonds is 6. The minimum atomic E-state index is -0.458. The number of aromatic nitrogens is 2. The first-order chi connectivity index (χ1) is 13.5. The van der Waals surface area contributed by atoms with E-state index in [0.717, 1.165) is 18.4 Å². The van der Waals surface area contributed by atoms with Crippen LogP contribution < -0.4 is 10.9 Å². The molecule has 5 nitrogen and oxygen atoms in total. The number of carbonyl (C=O) groups is 1. The quantitative estimate of drug-likeness (QED) is 0.506. The summed E-state index contributed by atoms with van der Waals surface area (Å²) in [4.78, 5) is 30.8. The Morgan fingerprint density at radius 3 is 2.46 bits per heavy atom. The molecule has 3 aromatic rings. The number of amides is 1. The molecule has 1 aliphatic carbocycles. The standard InChI is InChI=1S/C22H23N3O2S/c1-14(2)25-21(27)17-10-6-7-11-18(17)24-22(25)28-19(15-8-4-3-5-9-15)20(26)23-16-12-13-16/h3-11,14,16,19H,12-13H2,1-2H3,(H,23,26)/t19-/m0/s1. The third-order valence-corrected chi connectivity index (χ3v) is 6.00. The number of nitrogens with zero attached hydrogens (tertiary/aromatic N) is 2. The Bertz CT molecular complexity index is 1060. The Morgan fingerprint density at radius 2 is 1.79 bits per heavy atom. The first-order valence-electron chi connectivity index (χ1n) is 9.58. The zero-order chi connectivity index (χ0) is 19.7. The highest BCUT2D eigenvalue weighted by molar-refractivity contribution is 8.00. The van der Waals surface area contributed by atoms with E-state index < -0.39 is 5.25 Å². The molecular weight excluding hydrogens is 370 g/mol. The Balaban J connectivity index is 1.79. The summed E-state index contributed by atoms with van der Waals surface area (Å²) in [7, 11) is 0. The van der Waals surface area contributed by atoms with Gasteiger partial charge in [-0.1, -0.05) is 54.2 Å². The summed E-state index contributed by atoms with van der Waals surface area (Å²) in [6, 6.07) is 17.3. The Morgan fingerprint density at radius 1 is 1.11 bits per heavy atom. The van der Waals surface area contributed by atoms with Crippen molar-refractivity contribution in [2.45, 2.75) is 49.2 Å². The van der Waals surface area contributed by atoms with Crippen molar-refractivity contribution >= 4 is 28.6 Å². The molecule has 1 aromatic heterocycles. The van der Waals surface area contributed by atoms with Crippen LogP contribution in [-0.4, -0.2) is 21.5 Å². The molecule has 1 fully saturated rings. The fourth-order valence-electron chi connectivity index (χ4n) is 3.17. The molecule has 1 atom stereocenters. The summed E-state index contributed by atoms with van der Waals surface area (Å²) in [6.45, 7) is 3.92. The molecule has 6 heteroatoms. The van der Waals surface area contributed by atoms with Crippen LogP contribution in [0.4, 0.5) is 0 Å². The highest BCUT2D eigenvalue weighted by atomic mass is 32.2. The van der Waals surface area contributed by atoms with Gasteiger partial charge in [-0.3, -0.25) is 14.2 Å². The lowest BCUT2D eigenvalue weighted by Gasteiger charge is -2.21. The summed E-state index contributed by atoms with van der Waals surface area (Å²) in [5, 5.41) is 3.80. The van der Waals surface area contributed by atoms with Gasteiger partial charge in [0, 0.05) is 12.1 Å². The predicted molar refractivity (Wildman–Crippen MR) is 113 cm³/mol. The summed E-state index contributed by atoms with van der Waals surface area (Å²) in [6.07, 6.45) is 2.06. The van der Waals surface area contributed by atoms with Crippen LogP contribution in [0, 0.1) is 0 Å². The van der Waals surface area contributed by atoms with Crippen LogP contribution in [0.1, 0.15) is 43.5 Å². The molecule has 1 N–H and O–H groups in total. The number of fused-ring (bicyclic) bond motifs is 1. The minimum absolute atomic E-state index is 0.0311. The maximum atomic E-state index is 13.1. The van der Waals surface area contributed by atoms with Crippen molar-refractivity contribution in [1.82, 2.24) is 14.9 Å². The van der Waals surface area contributed by atoms with Gasteiger partial charge in [0.05, 0.1) is 10.9 Å². The number of nitrogens with one attached hydrogen (secondary N) is 1. The van der Waals surface area contributed by atoms with Gasteiger partial charge in [0.25, 0.3) is 5.56 Å². The number of thioether (sulfide) groups is 1. The van der Waals surface area contributed by atoms with E-state index in [1.807, 2.05) is 62.4 Å². The highest BCUT2D eigenvalue weighted by Crippen LogP contribution is 2.36. The van der Waals surface area contributed by atoms with Gasteiger partial charge in [-0.15, -0.1) is 0 Å². The van der Waals surface area contributed by atoms with Crippen LogP contribution in [0.5, 0.6) is 0 Å². The highest BCUT2D eigenvalue weighted by Gasteiger charge is 2.30. The lowest BCUT2D eigenvalue weighted by Crippen LogP contribution is -2.31. The molecule has 0 aliphatic heterocycles. The topological polar surface area (TPSA) is 64.0 Å². The summed E-state index contributed by atoms with van der Waals surface area (Å²) in [5.41, 5.74) is 1.49. The summed E-state index contributed by atoms with van der Waals surface area (Å²) in [5.74, 6) is -0.0311. The maximum absolute atomic E-state index is 13.1. The molecule has 0 spiro atoms. The fraction of sp³-hybridized carbons (Fsp3) is 0.318. The molecule has 28 heavy (non-hydrogen) atoms. The van der Waals surface area contributed by atoms with Gasteiger partial charge < -0.3 is 5.32 Å². The third kappa shape index (κ3) is 3.83. The number of para-hydroxylation sites is 1. The van der Waals surface area contributed by atoms with E-state index in [0.29, 0.717) is 16.1 Å². The van der Waals surface area contributed by atoms with Gasteiger partial charge >= 0.3 is 0 Å². The molecule has 0 unspecified atom stereocenters. The lowest BCUT2D eigenvalue weighted by atomic mass is 10.1. The average Bonchev–Trinajstić information content (AvgIpc) is 3.50. The first-order valence-corrected chi connectivity index (χ1v) is 10.5. The van der Waals surface area contributed by atoms with E-state index in [-0.39, 0.29) is 23.6 Å². The molecule has 0 saturated heterocycles.